The molecular weight excluding hydrogens is 1230 g/mol. The summed E-state index contributed by atoms with van der Waals surface area (Å²) in [4.78, 5) is 72.6. The van der Waals surface area contributed by atoms with Crippen LogP contribution < -0.4 is 0 Å². The largest absolute Gasteiger partial charge is 0.472 e. The average Bonchev–Trinajstić information content (AvgIpc) is 1.78. The Labute approximate surface area is 575 Å². The molecule has 94 heavy (non-hydrogen) atoms. The van der Waals surface area contributed by atoms with Crippen molar-refractivity contribution in [3.63, 3.8) is 0 Å². The Balaban J connectivity index is 5.16. The lowest BCUT2D eigenvalue weighted by Gasteiger charge is -2.21. The Morgan fingerprint density at radius 2 is 0.489 bits per heavy atom. The molecular formula is C75H146O17P2. The fraction of sp³-hybridized carbons (Fsp3) is 0.947. The Morgan fingerprint density at radius 1 is 0.287 bits per heavy atom. The van der Waals surface area contributed by atoms with Crippen molar-refractivity contribution in [2.45, 2.75) is 401 Å². The van der Waals surface area contributed by atoms with E-state index < -0.39 is 97.5 Å². The van der Waals surface area contributed by atoms with Gasteiger partial charge >= 0.3 is 39.5 Å². The van der Waals surface area contributed by atoms with Crippen LogP contribution in [0.4, 0.5) is 0 Å². The molecule has 5 atom stereocenters. The molecule has 0 aromatic rings. The number of unbranched alkanes of at least 4 members (excludes halogenated alkanes) is 41. The topological polar surface area (TPSA) is 237 Å². The molecule has 0 aromatic heterocycles. The molecule has 0 aliphatic carbocycles. The summed E-state index contributed by atoms with van der Waals surface area (Å²) in [5.41, 5.74) is 0. The lowest BCUT2D eigenvalue weighted by molar-refractivity contribution is -0.161. The number of carbonyl (C=O) groups is 4. The van der Waals surface area contributed by atoms with Gasteiger partial charge in [0, 0.05) is 25.7 Å². The third-order valence-electron chi connectivity index (χ3n) is 17.4. The second-order valence-corrected chi connectivity index (χ2v) is 31.4. The molecule has 0 fully saturated rings. The number of aliphatic hydroxyl groups is 1. The highest BCUT2D eigenvalue weighted by molar-refractivity contribution is 7.47. The van der Waals surface area contributed by atoms with Crippen molar-refractivity contribution in [1.29, 1.82) is 0 Å². The van der Waals surface area contributed by atoms with Crippen molar-refractivity contribution in [1.82, 2.24) is 0 Å². The third kappa shape index (κ3) is 68.6. The van der Waals surface area contributed by atoms with Crippen LogP contribution in [0.25, 0.3) is 0 Å². The second-order valence-electron chi connectivity index (χ2n) is 28.5. The first-order valence-electron chi connectivity index (χ1n) is 38.8. The fourth-order valence-corrected chi connectivity index (χ4v) is 13.0. The molecule has 19 heteroatoms. The molecule has 0 saturated carbocycles. The van der Waals surface area contributed by atoms with E-state index in [1.165, 1.54) is 186 Å². The van der Waals surface area contributed by atoms with Crippen LogP contribution in [0.3, 0.4) is 0 Å². The number of carbonyl (C=O) groups excluding carboxylic acids is 4. The molecule has 0 heterocycles. The van der Waals surface area contributed by atoms with Gasteiger partial charge in [0.15, 0.2) is 12.2 Å². The molecule has 3 N–H and O–H groups in total. The normalized spacial score (nSPS) is 14.1. The molecule has 558 valence electrons. The predicted molar refractivity (Wildman–Crippen MR) is 381 cm³/mol. The van der Waals surface area contributed by atoms with Gasteiger partial charge in [-0.15, -0.1) is 0 Å². The number of phosphoric ester groups is 2. The highest BCUT2D eigenvalue weighted by Crippen LogP contribution is 2.45. The van der Waals surface area contributed by atoms with E-state index in [-0.39, 0.29) is 25.7 Å². The van der Waals surface area contributed by atoms with Crippen LogP contribution in [-0.2, 0) is 65.4 Å². The van der Waals surface area contributed by atoms with Gasteiger partial charge in [-0.05, 0) is 43.4 Å². The van der Waals surface area contributed by atoms with Crippen LogP contribution in [0.1, 0.15) is 382 Å². The van der Waals surface area contributed by atoms with Gasteiger partial charge in [0.25, 0.3) is 0 Å². The van der Waals surface area contributed by atoms with E-state index in [1.807, 2.05) is 0 Å². The first-order valence-corrected chi connectivity index (χ1v) is 41.8. The van der Waals surface area contributed by atoms with Gasteiger partial charge in [-0.25, -0.2) is 9.13 Å². The quantitative estimate of drug-likeness (QED) is 0.0222. The molecule has 0 aliphatic rings. The second kappa shape index (κ2) is 65.7. The lowest BCUT2D eigenvalue weighted by atomic mass is 10.0. The molecule has 0 aromatic carbocycles. The molecule has 17 nitrogen and oxygen atoms in total. The van der Waals surface area contributed by atoms with Gasteiger partial charge in [0.2, 0.25) is 0 Å². The smallest absolute Gasteiger partial charge is 0.462 e. The van der Waals surface area contributed by atoms with Crippen LogP contribution >= 0.6 is 15.6 Å². The van der Waals surface area contributed by atoms with Crippen molar-refractivity contribution in [2.24, 2.45) is 17.8 Å². The van der Waals surface area contributed by atoms with Crippen molar-refractivity contribution < 1.29 is 80.2 Å². The van der Waals surface area contributed by atoms with Gasteiger partial charge in [0.05, 0.1) is 26.4 Å². The Hall–Kier alpha value is -1.94. The summed E-state index contributed by atoms with van der Waals surface area (Å²) in [5, 5.41) is 10.6. The number of hydrogen-bond acceptors (Lipinski definition) is 15. The minimum atomic E-state index is -4.96. The van der Waals surface area contributed by atoms with E-state index in [1.54, 1.807) is 0 Å². The summed E-state index contributed by atoms with van der Waals surface area (Å²) in [6.07, 6.45) is 52.0. The summed E-state index contributed by atoms with van der Waals surface area (Å²) < 4.78 is 68.3. The van der Waals surface area contributed by atoms with E-state index in [0.29, 0.717) is 37.5 Å². The number of rotatable bonds is 73. The molecule has 0 amide bonds. The molecule has 0 spiro atoms. The zero-order valence-corrected chi connectivity index (χ0v) is 63.2. The molecule has 0 radical (unpaired) electrons. The molecule has 0 bridgehead atoms. The first-order chi connectivity index (χ1) is 45.2. The van der Waals surface area contributed by atoms with Gasteiger partial charge in [-0.3, -0.25) is 37.3 Å². The van der Waals surface area contributed by atoms with E-state index in [9.17, 15) is 43.2 Å². The van der Waals surface area contributed by atoms with Crippen molar-refractivity contribution in [3.05, 3.63) is 0 Å². The summed E-state index contributed by atoms with van der Waals surface area (Å²) >= 11 is 0. The number of ether oxygens (including phenoxy) is 4. The summed E-state index contributed by atoms with van der Waals surface area (Å²) in [5.74, 6) is -0.00885. The molecule has 0 saturated heterocycles. The standard InChI is InChI=1S/C75H146O17P2/c1-8-9-10-11-12-13-14-15-16-17-18-19-20-21-22-23-24-27-31-34-44-51-58-74(79)91-70(62-85-72(77)56-49-42-33-30-28-25-26-29-32-39-46-53-66(2)3)64-89-93(81,82)87-60-69(76)61-88-94(83,84)90-65-71(92-75(80)59-52-45-38-36-41-48-55-68(6)7)63-86-73(78)57-50-43-37-35-40-47-54-67(4)5/h66-71,76H,8-65H2,1-7H3,(H,81,82)(H,83,84)/t69-,70-,71-/m1/s1. The number of esters is 4. The Bertz CT molecular complexity index is 1840. The lowest BCUT2D eigenvalue weighted by Crippen LogP contribution is -2.30. The SMILES string of the molecule is CCCCCCCCCCCCCCCCCCCCCCCCC(=O)O[C@H](COC(=O)CCCCCCCCCCCCCC(C)C)COP(=O)(O)OC[C@@H](O)COP(=O)(O)OC[C@@H](COC(=O)CCCCCCCCC(C)C)OC(=O)CCCCCCCCC(C)C. The minimum absolute atomic E-state index is 0.101. The number of aliphatic hydroxyl groups excluding tert-OH is 1. The Morgan fingerprint density at radius 3 is 0.723 bits per heavy atom. The van der Waals surface area contributed by atoms with Crippen LogP contribution in [0.2, 0.25) is 0 Å². The van der Waals surface area contributed by atoms with Crippen LogP contribution in [0, 0.1) is 17.8 Å². The Kier molecular flexibility index (Phi) is 64.3. The molecule has 0 aliphatic heterocycles. The van der Waals surface area contributed by atoms with Gasteiger partial charge < -0.3 is 33.8 Å². The zero-order chi connectivity index (χ0) is 69.4. The van der Waals surface area contributed by atoms with Crippen molar-refractivity contribution >= 4 is 39.5 Å². The third-order valence-corrected chi connectivity index (χ3v) is 19.3. The average molecular weight is 1380 g/mol. The van der Waals surface area contributed by atoms with E-state index in [4.69, 9.17) is 37.0 Å². The maximum Gasteiger partial charge on any atom is 0.472 e. The maximum absolute atomic E-state index is 13.1. The van der Waals surface area contributed by atoms with Gasteiger partial charge in [-0.1, -0.05) is 331 Å². The fourth-order valence-electron chi connectivity index (χ4n) is 11.4. The van der Waals surface area contributed by atoms with E-state index >= 15 is 0 Å². The van der Waals surface area contributed by atoms with Gasteiger partial charge in [-0.2, -0.15) is 0 Å². The minimum Gasteiger partial charge on any atom is -0.462 e. The monoisotopic (exact) mass is 1380 g/mol. The first kappa shape index (κ1) is 92.1. The van der Waals surface area contributed by atoms with Gasteiger partial charge in [0.1, 0.15) is 19.3 Å². The summed E-state index contributed by atoms with van der Waals surface area (Å²) in [6.45, 7) is 11.7. The summed E-state index contributed by atoms with van der Waals surface area (Å²) in [6, 6.07) is 0. The van der Waals surface area contributed by atoms with Crippen LogP contribution in [0.15, 0.2) is 0 Å². The van der Waals surface area contributed by atoms with E-state index in [0.717, 1.165) is 102 Å². The maximum atomic E-state index is 13.1. The van der Waals surface area contributed by atoms with Crippen molar-refractivity contribution in [2.75, 3.05) is 39.6 Å². The summed E-state index contributed by atoms with van der Waals surface area (Å²) in [7, 11) is -9.91. The van der Waals surface area contributed by atoms with Crippen molar-refractivity contribution in [3.8, 4) is 0 Å². The highest BCUT2D eigenvalue weighted by Gasteiger charge is 2.30. The number of phosphoric acid groups is 2. The van der Waals surface area contributed by atoms with E-state index in [2.05, 4.69) is 48.5 Å². The number of hydrogen-bond donors (Lipinski definition) is 3. The molecule has 2 unspecified atom stereocenters. The van der Waals surface area contributed by atoms with Crippen LogP contribution in [0.5, 0.6) is 0 Å². The van der Waals surface area contributed by atoms with Crippen LogP contribution in [-0.4, -0.2) is 96.7 Å². The predicted octanol–water partition coefficient (Wildman–Crippen LogP) is 21.8. The highest BCUT2D eigenvalue weighted by atomic mass is 31.2. The molecule has 0 rings (SSSR count). The zero-order valence-electron chi connectivity index (χ0n) is 61.4.